The zero-order valence-corrected chi connectivity index (χ0v) is 12.2. The highest BCUT2D eigenvalue weighted by Crippen LogP contribution is 2.13. The third-order valence-corrected chi connectivity index (χ3v) is 3.52. The van der Waals surface area contributed by atoms with Crippen molar-refractivity contribution in [3.05, 3.63) is 35.4 Å². The van der Waals surface area contributed by atoms with Gasteiger partial charge in [0.05, 0.1) is 0 Å². The second-order valence-corrected chi connectivity index (χ2v) is 5.33. The highest BCUT2D eigenvalue weighted by atomic mass is 16.2. The number of carbonyl (C=O) groups excluding carboxylic acids is 2. The van der Waals surface area contributed by atoms with Crippen LogP contribution in [0.3, 0.4) is 0 Å². The van der Waals surface area contributed by atoms with Gasteiger partial charge in [-0.1, -0.05) is 6.07 Å². The molecule has 2 amide bonds. The van der Waals surface area contributed by atoms with Gasteiger partial charge in [-0.3, -0.25) is 9.59 Å². The van der Waals surface area contributed by atoms with Crippen molar-refractivity contribution in [1.82, 2.24) is 15.1 Å². The minimum absolute atomic E-state index is 0.00703. The Balaban J connectivity index is 2.22. The smallest absolute Gasteiger partial charge is 0.254 e. The highest BCUT2D eigenvalue weighted by Gasteiger charge is 2.24. The molecule has 1 aromatic carbocycles. The molecule has 1 aliphatic rings. The Kier molecular flexibility index (Phi) is 4.39. The number of carbonyl (C=O) groups is 2. The van der Waals surface area contributed by atoms with Gasteiger partial charge >= 0.3 is 0 Å². The van der Waals surface area contributed by atoms with Crippen molar-refractivity contribution >= 4 is 11.8 Å². The van der Waals surface area contributed by atoms with Crippen LogP contribution in [0.4, 0.5) is 0 Å². The molecule has 5 nitrogen and oxygen atoms in total. The monoisotopic (exact) mass is 275 g/mol. The molecule has 2 rings (SSSR count). The number of benzene rings is 1. The molecule has 0 radical (unpaired) electrons. The van der Waals surface area contributed by atoms with E-state index in [-0.39, 0.29) is 17.9 Å². The maximum atomic E-state index is 12.5. The molecule has 1 heterocycles. The van der Waals surface area contributed by atoms with E-state index in [0.29, 0.717) is 17.7 Å². The van der Waals surface area contributed by atoms with Gasteiger partial charge in [-0.05, 0) is 25.1 Å². The molecule has 20 heavy (non-hydrogen) atoms. The summed E-state index contributed by atoms with van der Waals surface area (Å²) in [5, 5.41) is 3.26. The minimum atomic E-state index is -0.0898. The molecule has 0 saturated carbocycles. The molecule has 1 aromatic rings. The third kappa shape index (κ3) is 2.99. The number of piperazine rings is 1. The number of nitrogens with zero attached hydrogens (tertiary/aromatic N) is 2. The van der Waals surface area contributed by atoms with E-state index < -0.39 is 0 Å². The number of nitrogens with one attached hydrogen (secondary N) is 1. The standard InChI is InChI=1S/C15H21N3O2/c1-11-10-16-7-8-18(11)15(20)13-6-4-5-12(9-13)14(19)17(2)3/h4-6,9,11,16H,7-8,10H2,1-3H3/t11-/m0/s1. The van der Waals surface area contributed by atoms with Crippen molar-refractivity contribution in [3.8, 4) is 0 Å². The topological polar surface area (TPSA) is 52.7 Å². The van der Waals surface area contributed by atoms with Crippen LogP contribution in [0.1, 0.15) is 27.6 Å². The number of hydrogen-bond acceptors (Lipinski definition) is 3. The molecule has 108 valence electrons. The molecule has 0 aromatic heterocycles. The SMILES string of the molecule is C[C@H]1CNCCN1C(=O)c1cccc(C(=O)N(C)C)c1. The van der Waals surface area contributed by atoms with E-state index in [1.165, 1.54) is 4.90 Å². The lowest BCUT2D eigenvalue weighted by atomic mass is 10.1. The second-order valence-electron chi connectivity index (χ2n) is 5.33. The lowest BCUT2D eigenvalue weighted by Crippen LogP contribution is -2.52. The first-order chi connectivity index (χ1) is 9.50. The van der Waals surface area contributed by atoms with Crippen LogP contribution in [0.2, 0.25) is 0 Å². The Hall–Kier alpha value is -1.88. The number of amides is 2. The van der Waals surface area contributed by atoms with Crippen LogP contribution >= 0.6 is 0 Å². The van der Waals surface area contributed by atoms with Gasteiger partial charge in [0.15, 0.2) is 0 Å². The van der Waals surface area contributed by atoms with E-state index in [1.54, 1.807) is 38.4 Å². The summed E-state index contributed by atoms with van der Waals surface area (Å²) in [6.07, 6.45) is 0. The molecule has 1 atom stereocenters. The van der Waals surface area contributed by atoms with Crippen LogP contribution in [0, 0.1) is 0 Å². The summed E-state index contributed by atoms with van der Waals surface area (Å²) < 4.78 is 0. The largest absolute Gasteiger partial charge is 0.345 e. The van der Waals surface area contributed by atoms with Crippen LogP contribution in [0.25, 0.3) is 0 Å². The Morgan fingerprint density at radius 3 is 2.65 bits per heavy atom. The van der Waals surface area contributed by atoms with Crippen molar-refractivity contribution in [3.63, 3.8) is 0 Å². The van der Waals surface area contributed by atoms with Gasteiger partial charge < -0.3 is 15.1 Å². The summed E-state index contributed by atoms with van der Waals surface area (Å²) in [5.41, 5.74) is 1.12. The van der Waals surface area contributed by atoms with Gasteiger partial charge in [0.2, 0.25) is 0 Å². The molecule has 0 unspecified atom stereocenters. The Morgan fingerprint density at radius 1 is 1.30 bits per heavy atom. The lowest BCUT2D eigenvalue weighted by Gasteiger charge is -2.34. The predicted molar refractivity (Wildman–Crippen MR) is 77.8 cm³/mol. The van der Waals surface area contributed by atoms with Crippen molar-refractivity contribution < 1.29 is 9.59 Å². The third-order valence-electron chi connectivity index (χ3n) is 3.52. The van der Waals surface area contributed by atoms with Crippen LogP contribution in [0.15, 0.2) is 24.3 Å². The number of rotatable bonds is 2. The first kappa shape index (κ1) is 14.5. The van der Waals surface area contributed by atoms with Crippen LogP contribution in [-0.4, -0.2) is 61.4 Å². The summed E-state index contributed by atoms with van der Waals surface area (Å²) in [5.74, 6) is -0.0968. The molecule has 0 spiro atoms. The maximum absolute atomic E-state index is 12.5. The van der Waals surface area contributed by atoms with E-state index in [2.05, 4.69) is 5.32 Å². The molecule has 1 saturated heterocycles. The van der Waals surface area contributed by atoms with Gasteiger partial charge in [0.25, 0.3) is 11.8 Å². The van der Waals surface area contributed by atoms with E-state index in [9.17, 15) is 9.59 Å². The van der Waals surface area contributed by atoms with Crippen molar-refractivity contribution in [1.29, 1.82) is 0 Å². The fraction of sp³-hybridized carbons (Fsp3) is 0.467. The molecule has 1 fully saturated rings. The van der Waals surface area contributed by atoms with Gasteiger partial charge in [-0.25, -0.2) is 0 Å². The average molecular weight is 275 g/mol. The first-order valence-corrected chi connectivity index (χ1v) is 6.84. The average Bonchev–Trinajstić information content (AvgIpc) is 2.46. The van der Waals surface area contributed by atoms with Crippen molar-refractivity contribution in [2.75, 3.05) is 33.7 Å². The molecule has 5 heteroatoms. The van der Waals surface area contributed by atoms with Crippen LogP contribution in [0.5, 0.6) is 0 Å². The zero-order chi connectivity index (χ0) is 14.7. The highest BCUT2D eigenvalue weighted by molar-refractivity contribution is 5.99. The molecule has 0 bridgehead atoms. The molecule has 1 N–H and O–H groups in total. The van der Waals surface area contributed by atoms with Crippen LogP contribution < -0.4 is 5.32 Å². The summed E-state index contributed by atoms with van der Waals surface area (Å²) in [4.78, 5) is 27.8. The minimum Gasteiger partial charge on any atom is -0.345 e. The normalized spacial score (nSPS) is 18.8. The summed E-state index contributed by atoms with van der Waals surface area (Å²) in [7, 11) is 3.41. The van der Waals surface area contributed by atoms with Gasteiger partial charge in [0.1, 0.15) is 0 Å². The summed E-state index contributed by atoms with van der Waals surface area (Å²) >= 11 is 0. The lowest BCUT2D eigenvalue weighted by molar-refractivity contribution is 0.0655. The fourth-order valence-electron chi connectivity index (χ4n) is 2.35. The van der Waals surface area contributed by atoms with Crippen LogP contribution in [-0.2, 0) is 0 Å². The Labute approximate surface area is 119 Å². The summed E-state index contributed by atoms with van der Waals surface area (Å²) in [6.45, 7) is 4.35. The fourth-order valence-corrected chi connectivity index (χ4v) is 2.35. The van der Waals surface area contributed by atoms with Gasteiger partial charge in [-0.15, -0.1) is 0 Å². The van der Waals surface area contributed by atoms with Crippen molar-refractivity contribution in [2.45, 2.75) is 13.0 Å². The van der Waals surface area contributed by atoms with Gasteiger partial charge in [-0.2, -0.15) is 0 Å². The maximum Gasteiger partial charge on any atom is 0.254 e. The van der Waals surface area contributed by atoms with Crippen molar-refractivity contribution in [2.24, 2.45) is 0 Å². The number of hydrogen-bond donors (Lipinski definition) is 1. The molecule has 1 aliphatic heterocycles. The molecular formula is C15H21N3O2. The van der Waals surface area contributed by atoms with E-state index >= 15 is 0 Å². The molecule has 0 aliphatic carbocycles. The Morgan fingerprint density at radius 2 is 2.00 bits per heavy atom. The first-order valence-electron chi connectivity index (χ1n) is 6.84. The van der Waals surface area contributed by atoms with Gasteiger partial charge in [0, 0.05) is 50.9 Å². The van der Waals surface area contributed by atoms with E-state index in [1.807, 2.05) is 11.8 Å². The van der Waals surface area contributed by atoms with E-state index in [4.69, 9.17) is 0 Å². The zero-order valence-electron chi connectivity index (χ0n) is 12.2. The summed E-state index contributed by atoms with van der Waals surface area (Å²) in [6, 6.07) is 7.12. The van der Waals surface area contributed by atoms with E-state index in [0.717, 1.165) is 13.1 Å². The quantitative estimate of drug-likeness (QED) is 0.869. The predicted octanol–water partition coefficient (Wildman–Crippen LogP) is 0.822. The second kappa shape index (κ2) is 6.05. The molecular weight excluding hydrogens is 254 g/mol. The Bertz CT molecular complexity index is 514.